The highest BCUT2D eigenvalue weighted by Gasteiger charge is 2.05. The summed E-state index contributed by atoms with van der Waals surface area (Å²) in [6, 6.07) is 1.87. The van der Waals surface area contributed by atoms with Gasteiger partial charge in [0.2, 0.25) is 0 Å². The van der Waals surface area contributed by atoms with Crippen molar-refractivity contribution in [1.82, 2.24) is 4.98 Å². The number of halogens is 2. The lowest BCUT2D eigenvalue weighted by Gasteiger charge is -1.98. The van der Waals surface area contributed by atoms with Gasteiger partial charge in [0, 0.05) is 16.2 Å². The SMILES string of the molecule is N#CCc1c(F)cncc1Br. The van der Waals surface area contributed by atoms with Crippen LogP contribution in [-0.4, -0.2) is 4.98 Å². The van der Waals surface area contributed by atoms with Crippen LogP contribution in [0.15, 0.2) is 16.9 Å². The molecule has 0 fully saturated rings. The molecule has 0 saturated carbocycles. The van der Waals surface area contributed by atoms with E-state index in [4.69, 9.17) is 5.26 Å². The Hall–Kier alpha value is -0.950. The quantitative estimate of drug-likeness (QED) is 0.718. The second kappa shape index (κ2) is 3.44. The van der Waals surface area contributed by atoms with E-state index in [0.29, 0.717) is 10.0 Å². The van der Waals surface area contributed by atoms with Crippen LogP contribution in [0.4, 0.5) is 4.39 Å². The van der Waals surface area contributed by atoms with Crippen LogP contribution in [0.1, 0.15) is 5.56 Å². The second-order valence-electron chi connectivity index (χ2n) is 1.92. The van der Waals surface area contributed by atoms with E-state index in [1.165, 1.54) is 6.20 Å². The number of aromatic nitrogens is 1. The molecule has 0 amide bonds. The van der Waals surface area contributed by atoms with Gasteiger partial charge in [-0.15, -0.1) is 0 Å². The molecule has 1 heterocycles. The van der Waals surface area contributed by atoms with Crippen molar-refractivity contribution in [2.24, 2.45) is 0 Å². The fraction of sp³-hybridized carbons (Fsp3) is 0.143. The predicted octanol–water partition coefficient (Wildman–Crippen LogP) is 2.05. The number of hydrogen-bond acceptors (Lipinski definition) is 2. The number of hydrogen-bond donors (Lipinski definition) is 0. The lowest BCUT2D eigenvalue weighted by Crippen LogP contribution is -1.91. The first-order valence-electron chi connectivity index (χ1n) is 2.90. The van der Waals surface area contributed by atoms with Gasteiger partial charge in [-0.2, -0.15) is 5.26 Å². The average Bonchev–Trinajstić information content (AvgIpc) is 1.97. The molecule has 2 nitrogen and oxygen atoms in total. The number of rotatable bonds is 1. The molecule has 0 unspecified atom stereocenters. The summed E-state index contributed by atoms with van der Waals surface area (Å²) in [5.74, 6) is -0.444. The van der Waals surface area contributed by atoms with E-state index in [-0.39, 0.29) is 6.42 Å². The number of pyridine rings is 1. The average molecular weight is 215 g/mol. The molecule has 0 saturated heterocycles. The highest BCUT2D eigenvalue weighted by atomic mass is 79.9. The molecular weight excluding hydrogens is 211 g/mol. The van der Waals surface area contributed by atoms with Crippen molar-refractivity contribution in [3.05, 3.63) is 28.2 Å². The van der Waals surface area contributed by atoms with Crippen LogP contribution < -0.4 is 0 Å². The first-order valence-corrected chi connectivity index (χ1v) is 3.70. The maximum atomic E-state index is 12.8. The maximum absolute atomic E-state index is 12.8. The zero-order valence-corrected chi connectivity index (χ0v) is 7.10. The Morgan fingerprint density at radius 3 is 2.91 bits per heavy atom. The second-order valence-corrected chi connectivity index (χ2v) is 2.77. The minimum atomic E-state index is -0.444. The molecule has 56 valence electrons. The fourth-order valence-corrected chi connectivity index (χ4v) is 1.13. The van der Waals surface area contributed by atoms with E-state index >= 15 is 0 Å². The molecule has 0 atom stereocenters. The van der Waals surface area contributed by atoms with Gasteiger partial charge in [-0.05, 0) is 15.9 Å². The van der Waals surface area contributed by atoms with Gasteiger partial charge >= 0.3 is 0 Å². The molecular formula is C7H4BrFN2. The summed E-state index contributed by atoms with van der Waals surface area (Å²) in [6.07, 6.45) is 2.63. The van der Waals surface area contributed by atoms with Gasteiger partial charge in [-0.3, -0.25) is 4.98 Å². The van der Waals surface area contributed by atoms with Crippen LogP contribution in [0.25, 0.3) is 0 Å². The van der Waals surface area contributed by atoms with Crippen LogP contribution in [-0.2, 0) is 6.42 Å². The summed E-state index contributed by atoms with van der Waals surface area (Å²) in [4.78, 5) is 3.60. The van der Waals surface area contributed by atoms with E-state index < -0.39 is 5.82 Å². The van der Waals surface area contributed by atoms with E-state index in [9.17, 15) is 4.39 Å². The van der Waals surface area contributed by atoms with Gasteiger partial charge in [0.25, 0.3) is 0 Å². The summed E-state index contributed by atoms with van der Waals surface area (Å²) in [7, 11) is 0. The van der Waals surface area contributed by atoms with Gasteiger partial charge in [0.15, 0.2) is 0 Å². The molecule has 0 aliphatic carbocycles. The summed E-state index contributed by atoms with van der Waals surface area (Å²) < 4.78 is 13.3. The molecule has 0 N–H and O–H groups in total. The zero-order chi connectivity index (χ0) is 8.27. The Morgan fingerprint density at radius 2 is 2.36 bits per heavy atom. The Labute approximate surface area is 71.8 Å². The number of nitriles is 1. The lowest BCUT2D eigenvalue weighted by molar-refractivity contribution is 0.607. The fourth-order valence-electron chi connectivity index (χ4n) is 0.686. The molecule has 4 heteroatoms. The van der Waals surface area contributed by atoms with E-state index in [0.717, 1.165) is 6.20 Å². The zero-order valence-electron chi connectivity index (χ0n) is 5.51. The third-order valence-electron chi connectivity index (χ3n) is 1.21. The van der Waals surface area contributed by atoms with Crippen LogP contribution in [0.5, 0.6) is 0 Å². The normalized spacial score (nSPS) is 9.18. The van der Waals surface area contributed by atoms with E-state index in [2.05, 4.69) is 20.9 Å². The van der Waals surface area contributed by atoms with Gasteiger partial charge in [-0.1, -0.05) is 0 Å². The Morgan fingerprint density at radius 1 is 1.64 bits per heavy atom. The van der Waals surface area contributed by atoms with Crippen molar-refractivity contribution in [2.75, 3.05) is 0 Å². The van der Waals surface area contributed by atoms with Crippen molar-refractivity contribution < 1.29 is 4.39 Å². The van der Waals surface area contributed by atoms with Crippen LogP contribution in [0.3, 0.4) is 0 Å². The van der Waals surface area contributed by atoms with Crippen molar-refractivity contribution in [2.45, 2.75) is 6.42 Å². The van der Waals surface area contributed by atoms with E-state index in [1.807, 2.05) is 6.07 Å². The van der Waals surface area contributed by atoms with Crippen molar-refractivity contribution in [1.29, 1.82) is 5.26 Å². The maximum Gasteiger partial charge on any atom is 0.146 e. The molecule has 0 aliphatic heterocycles. The lowest BCUT2D eigenvalue weighted by atomic mass is 10.2. The minimum absolute atomic E-state index is 0.0644. The Balaban J connectivity index is 3.12. The van der Waals surface area contributed by atoms with Crippen LogP contribution in [0.2, 0.25) is 0 Å². The summed E-state index contributed by atoms with van der Waals surface area (Å²) in [5, 5.41) is 8.31. The molecule has 0 aromatic carbocycles. The number of nitrogens with zero attached hydrogens (tertiary/aromatic N) is 2. The highest BCUT2D eigenvalue weighted by Crippen LogP contribution is 2.17. The minimum Gasteiger partial charge on any atom is -0.260 e. The molecule has 1 rings (SSSR count). The monoisotopic (exact) mass is 214 g/mol. The van der Waals surface area contributed by atoms with Crippen LogP contribution >= 0.6 is 15.9 Å². The van der Waals surface area contributed by atoms with Crippen molar-refractivity contribution >= 4 is 15.9 Å². The summed E-state index contributed by atoms with van der Waals surface area (Å²) in [6.45, 7) is 0. The molecule has 1 aromatic heterocycles. The molecule has 0 spiro atoms. The van der Waals surface area contributed by atoms with Crippen molar-refractivity contribution in [3.63, 3.8) is 0 Å². The molecule has 0 aliphatic rings. The standard InChI is InChI=1S/C7H4BrFN2/c8-6-3-11-4-7(9)5(6)1-2-10/h3-4H,1H2. The van der Waals surface area contributed by atoms with E-state index in [1.54, 1.807) is 0 Å². The smallest absolute Gasteiger partial charge is 0.146 e. The van der Waals surface area contributed by atoms with Gasteiger partial charge in [-0.25, -0.2) is 4.39 Å². The topological polar surface area (TPSA) is 36.7 Å². The molecule has 0 bridgehead atoms. The summed E-state index contributed by atoms with van der Waals surface area (Å²) in [5.41, 5.74) is 0.363. The predicted molar refractivity (Wildman–Crippen MR) is 41.2 cm³/mol. The highest BCUT2D eigenvalue weighted by molar-refractivity contribution is 9.10. The molecule has 0 radical (unpaired) electrons. The van der Waals surface area contributed by atoms with Gasteiger partial charge in [0.05, 0.1) is 18.7 Å². The first kappa shape index (κ1) is 8.15. The third-order valence-corrected chi connectivity index (χ3v) is 1.89. The molecule has 11 heavy (non-hydrogen) atoms. The van der Waals surface area contributed by atoms with Gasteiger partial charge < -0.3 is 0 Å². The first-order chi connectivity index (χ1) is 5.25. The van der Waals surface area contributed by atoms with Gasteiger partial charge in [0.1, 0.15) is 5.82 Å². The van der Waals surface area contributed by atoms with Crippen LogP contribution in [0, 0.1) is 17.1 Å². The summed E-state index contributed by atoms with van der Waals surface area (Å²) >= 11 is 3.09. The Kier molecular flexibility index (Phi) is 2.55. The van der Waals surface area contributed by atoms with Crippen molar-refractivity contribution in [3.8, 4) is 6.07 Å². The Bertz CT molecular complexity index is 286. The largest absolute Gasteiger partial charge is 0.260 e. The molecule has 1 aromatic rings. The third kappa shape index (κ3) is 1.75.